The lowest BCUT2D eigenvalue weighted by molar-refractivity contribution is -0.122. The van der Waals surface area contributed by atoms with Gasteiger partial charge in [0.1, 0.15) is 0 Å². The third-order valence-electron chi connectivity index (χ3n) is 4.80. The average molecular weight is 387 g/mol. The van der Waals surface area contributed by atoms with Crippen molar-refractivity contribution in [2.24, 2.45) is 5.73 Å². The van der Waals surface area contributed by atoms with Gasteiger partial charge in [-0.25, -0.2) is 4.79 Å². The van der Waals surface area contributed by atoms with E-state index in [0.717, 1.165) is 22.3 Å². The number of rotatable bonds is 7. The first-order valence-electron chi connectivity index (χ1n) is 9.58. The molecule has 0 aliphatic heterocycles. The van der Waals surface area contributed by atoms with Crippen LogP contribution in [0.5, 0.6) is 0 Å². The van der Waals surface area contributed by atoms with E-state index in [1.54, 1.807) is 0 Å². The predicted molar refractivity (Wildman–Crippen MR) is 115 cm³/mol. The highest BCUT2D eigenvalue weighted by Crippen LogP contribution is 2.22. The quantitative estimate of drug-likeness (QED) is 0.564. The van der Waals surface area contributed by atoms with E-state index in [-0.39, 0.29) is 18.4 Å². The fraction of sp³-hybridized carbons (Fsp3) is 0.167. The molecule has 0 aliphatic carbocycles. The molecule has 3 aromatic rings. The highest BCUT2D eigenvalue weighted by molar-refractivity contribution is 5.79. The van der Waals surface area contributed by atoms with Gasteiger partial charge in [-0.3, -0.25) is 4.79 Å². The highest BCUT2D eigenvalue weighted by atomic mass is 16.2. The van der Waals surface area contributed by atoms with Crippen molar-refractivity contribution in [2.75, 3.05) is 0 Å². The van der Waals surface area contributed by atoms with E-state index >= 15 is 0 Å². The van der Waals surface area contributed by atoms with E-state index < -0.39 is 12.1 Å². The monoisotopic (exact) mass is 387 g/mol. The van der Waals surface area contributed by atoms with Gasteiger partial charge in [-0.15, -0.1) is 0 Å². The summed E-state index contributed by atoms with van der Waals surface area (Å²) in [6.07, 6.45) is 0.111. The number of urea groups is 1. The third-order valence-corrected chi connectivity index (χ3v) is 4.80. The molecule has 0 aromatic heterocycles. The van der Waals surface area contributed by atoms with Crippen molar-refractivity contribution in [2.45, 2.75) is 25.4 Å². The van der Waals surface area contributed by atoms with Crippen LogP contribution < -0.4 is 16.4 Å². The molecule has 0 fully saturated rings. The number of benzene rings is 3. The fourth-order valence-electron chi connectivity index (χ4n) is 3.27. The van der Waals surface area contributed by atoms with Gasteiger partial charge in [-0.2, -0.15) is 0 Å². The number of carbonyl (C=O) groups is 2. The standard InChI is InChI=1S/C24H25N3O2/c1-17(18-12-14-20(15-13-18)19-8-4-2-5-9-19)26-23(28)16-22(27-24(25)29)21-10-6-3-7-11-21/h2-15,17,22H,16H2,1H3,(H,26,28)(H3,25,27,29)/t17-,22+/m0/s1. The zero-order chi connectivity index (χ0) is 20.6. The molecule has 0 saturated carbocycles. The second-order valence-corrected chi connectivity index (χ2v) is 6.95. The van der Waals surface area contributed by atoms with Crippen molar-refractivity contribution < 1.29 is 9.59 Å². The van der Waals surface area contributed by atoms with Crippen LogP contribution >= 0.6 is 0 Å². The zero-order valence-corrected chi connectivity index (χ0v) is 16.3. The van der Waals surface area contributed by atoms with E-state index in [1.807, 2.05) is 67.6 Å². The maximum Gasteiger partial charge on any atom is 0.312 e. The van der Waals surface area contributed by atoms with Gasteiger partial charge >= 0.3 is 6.03 Å². The van der Waals surface area contributed by atoms with Gasteiger partial charge in [0.15, 0.2) is 0 Å². The summed E-state index contributed by atoms with van der Waals surface area (Å²) in [5.74, 6) is -0.160. The third kappa shape index (κ3) is 5.69. The molecular weight excluding hydrogens is 362 g/mol. The fourth-order valence-corrected chi connectivity index (χ4v) is 3.27. The van der Waals surface area contributed by atoms with E-state index in [4.69, 9.17) is 5.73 Å². The molecule has 3 rings (SSSR count). The maximum atomic E-state index is 12.6. The normalized spacial score (nSPS) is 12.6. The van der Waals surface area contributed by atoms with Crippen LogP contribution in [-0.2, 0) is 4.79 Å². The van der Waals surface area contributed by atoms with Crippen LogP contribution in [0.25, 0.3) is 11.1 Å². The minimum atomic E-state index is -0.656. The molecule has 3 amide bonds. The number of amides is 3. The Hall–Kier alpha value is -3.60. The van der Waals surface area contributed by atoms with E-state index in [0.29, 0.717) is 0 Å². The van der Waals surface area contributed by atoms with Crippen molar-refractivity contribution in [3.8, 4) is 11.1 Å². The Bertz CT molecular complexity index is 941. The summed E-state index contributed by atoms with van der Waals surface area (Å²) in [5.41, 5.74) is 9.40. The second-order valence-electron chi connectivity index (χ2n) is 6.95. The maximum absolute atomic E-state index is 12.6. The van der Waals surface area contributed by atoms with Crippen LogP contribution in [0.2, 0.25) is 0 Å². The summed E-state index contributed by atoms with van der Waals surface area (Å²) < 4.78 is 0. The van der Waals surface area contributed by atoms with Crippen LogP contribution in [0, 0.1) is 0 Å². The minimum Gasteiger partial charge on any atom is -0.352 e. The van der Waals surface area contributed by atoms with Gasteiger partial charge in [0.05, 0.1) is 18.5 Å². The lowest BCUT2D eigenvalue weighted by Gasteiger charge is -2.20. The molecule has 5 heteroatoms. The first-order chi connectivity index (χ1) is 14.0. The minimum absolute atomic E-state index is 0.111. The first-order valence-corrected chi connectivity index (χ1v) is 9.58. The van der Waals surface area contributed by atoms with Crippen molar-refractivity contribution in [3.05, 3.63) is 96.1 Å². The molecule has 0 saturated heterocycles. The number of carbonyl (C=O) groups excluding carboxylic acids is 2. The van der Waals surface area contributed by atoms with Crippen molar-refractivity contribution in [1.29, 1.82) is 0 Å². The number of nitrogens with two attached hydrogens (primary N) is 1. The summed E-state index contributed by atoms with van der Waals surface area (Å²) in [6.45, 7) is 1.94. The van der Waals surface area contributed by atoms with Crippen molar-refractivity contribution in [1.82, 2.24) is 10.6 Å². The van der Waals surface area contributed by atoms with Gasteiger partial charge in [-0.1, -0.05) is 84.9 Å². The Kier molecular flexibility index (Phi) is 6.63. The molecule has 3 aromatic carbocycles. The topological polar surface area (TPSA) is 84.2 Å². The van der Waals surface area contributed by atoms with Crippen LogP contribution in [0.4, 0.5) is 4.79 Å². The molecule has 0 unspecified atom stereocenters. The number of hydrogen-bond acceptors (Lipinski definition) is 2. The molecular formula is C24H25N3O2. The number of primary amides is 1. The molecule has 29 heavy (non-hydrogen) atoms. The summed E-state index contributed by atoms with van der Waals surface area (Å²) in [7, 11) is 0. The molecule has 2 atom stereocenters. The molecule has 0 radical (unpaired) electrons. The second kappa shape index (κ2) is 9.55. The summed E-state index contributed by atoms with van der Waals surface area (Å²) in [5, 5.41) is 5.64. The van der Waals surface area contributed by atoms with Gasteiger partial charge in [0.2, 0.25) is 5.91 Å². The molecule has 0 aliphatic rings. The number of nitrogens with one attached hydrogen (secondary N) is 2. The van der Waals surface area contributed by atoms with Crippen LogP contribution in [0.1, 0.15) is 36.6 Å². The van der Waals surface area contributed by atoms with E-state index in [9.17, 15) is 9.59 Å². The highest BCUT2D eigenvalue weighted by Gasteiger charge is 2.19. The molecule has 0 spiro atoms. The largest absolute Gasteiger partial charge is 0.352 e. The Morgan fingerprint density at radius 2 is 1.31 bits per heavy atom. The zero-order valence-electron chi connectivity index (χ0n) is 16.3. The smallest absolute Gasteiger partial charge is 0.312 e. The van der Waals surface area contributed by atoms with Crippen LogP contribution in [0.15, 0.2) is 84.9 Å². The van der Waals surface area contributed by atoms with E-state index in [1.165, 1.54) is 0 Å². The summed E-state index contributed by atoms with van der Waals surface area (Å²) >= 11 is 0. The van der Waals surface area contributed by atoms with Crippen molar-refractivity contribution in [3.63, 3.8) is 0 Å². The van der Waals surface area contributed by atoms with Gasteiger partial charge in [0, 0.05) is 0 Å². The van der Waals surface area contributed by atoms with Crippen LogP contribution in [-0.4, -0.2) is 11.9 Å². The first kappa shape index (κ1) is 20.1. The summed E-state index contributed by atoms with van der Waals surface area (Å²) in [6, 6.07) is 26.3. The molecule has 0 heterocycles. The Morgan fingerprint density at radius 3 is 1.90 bits per heavy atom. The average Bonchev–Trinajstić information content (AvgIpc) is 2.74. The SMILES string of the molecule is C[C@H](NC(=O)C[C@@H](NC(N)=O)c1ccccc1)c1ccc(-c2ccccc2)cc1. The Morgan fingerprint density at radius 1 is 0.759 bits per heavy atom. The van der Waals surface area contributed by atoms with Gasteiger partial charge < -0.3 is 16.4 Å². The van der Waals surface area contributed by atoms with Gasteiger partial charge in [0.25, 0.3) is 0 Å². The van der Waals surface area contributed by atoms with Crippen LogP contribution in [0.3, 0.4) is 0 Å². The Labute approximate surface area is 170 Å². The van der Waals surface area contributed by atoms with Gasteiger partial charge in [-0.05, 0) is 29.2 Å². The predicted octanol–water partition coefficient (Wildman–Crippen LogP) is 4.33. The van der Waals surface area contributed by atoms with E-state index in [2.05, 4.69) is 34.9 Å². The molecule has 5 nitrogen and oxygen atoms in total. The van der Waals surface area contributed by atoms with Crippen molar-refractivity contribution >= 4 is 11.9 Å². The molecule has 148 valence electrons. The lowest BCUT2D eigenvalue weighted by Crippen LogP contribution is -2.37. The lowest BCUT2D eigenvalue weighted by atomic mass is 10.0. The number of hydrogen-bond donors (Lipinski definition) is 3. The molecule has 4 N–H and O–H groups in total. The molecule has 0 bridgehead atoms. The summed E-state index contributed by atoms with van der Waals surface area (Å²) in [4.78, 5) is 23.9. The Balaban J connectivity index is 1.64.